The van der Waals surface area contributed by atoms with Crippen molar-refractivity contribution in [2.24, 2.45) is 12.8 Å². The quantitative estimate of drug-likeness (QED) is 0.510. The summed E-state index contributed by atoms with van der Waals surface area (Å²) in [6, 6.07) is 10.4. The molecule has 3 aromatic heterocycles. The van der Waals surface area contributed by atoms with E-state index in [0.29, 0.717) is 5.56 Å². The van der Waals surface area contributed by atoms with Crippen molar-refractivity contribution in [3.8, 4) is 0 Å². The summed E-state index contributed by atoms with van der Waals surface area (Å²) < 4.78 is 3.93. The van der Waals surface area contributed by atoms with E-state index in [1.165, 1.54) is 11.3 Å². The lowest BCUT2D eigenvalue weighted by Gasteiger charge is -2.34. The number of carbonyl (C=O) groups excluding carboxylic acids is 1. The molecule has 34 heavy (non-hydrogen) atoms. The van der Waals surface area contributed by atoms with Gasteiger partial charge in [-0.1, -0.05) is 0 Å². The van der Waals surface area contributed by atoms with E-state index < -0.39 is 0 Å². The molecule has 176 valence electrons. The third-order valence-electron chi connectivity index (χ3n) is 7.43. The van der Waals surface area contributed by atoms with Crippen LogP contribution in [0.3, 0.4) is 0 Å². The van der Waals surface area contributed by atoms with Gasteiger partial charge in [-0.3, -0.25) is 4.79 Å². The molecule has 1 aromatic carbocycles. The monoisotopic (exact) mass is 457 g/mol. The third kappa shape index (κ3) is 3.53. The van der Waals surface area contributed by atoms with E-state index in [2.05, 4.69) is 35.1 Å². The summed E-state index contributed by atoms with van der Waals surface area (Å²) in [4.78, 5) is 22.4. The van der Waals surface area contributed by atoms with Crippen molar-refractivity contribution in [1.82, 2.24) is 24.1 Å². The number of rotatable bonds is 3. The molecule has 4 aromatic rings. The summed E-state index contributed by atoms with van der Waals surface area (Å²) in [6.45, 7) is 4.76. The van der Waals surface area contributed by atoms with Crippen LogP contribution in [0.25, 0.3) is 16.6 Å². The zero-order valence-electron chi connectivity index (χ0n) is 19.8. The Morgan fingerprint density at radius 2 is 2.00 bits per heavy atom. The van der Waals surface area contributed by atoms with Gasteiger partial charge in [0.2, 0.25) is 0 Å². The fraction of sp³-hybridized carbons (Fsp3) is 0.423. The van der Waals surface area contributed by atoms with Gasteiger partial charge in [-0.25, -0.2) is 9.50 Å². The van der Waals surface area contributed by atoms with E-state index in [9.17, 15) is 4.79 Å². The van der Waals surface area contributed by atoms with Gasteiger partial charge in [0.05, 0.1) is 34.6 Å². The summed E-state index contributed by atoms with van der Waals surface area (Å²) in [5, 5.41) is 4.92. The van der Waals surface area contributed by atoms with Crippen molar-refractivity contribution in [2.75, 3.05) is 24.5 Å². The molecule has 0 radical (unpaired) electrons. The number of fused-ring (bicyclic) bond motifs is 2. The van der Waals surface area contributed by atoms with Gasteiger partial charge in [-0.2, -0.15) is 5.10 Å². The fourth-order valence-electron chi connectivity index (χ4n) is 5.57. The van der Waals surface area contributed by atoms with Crippen LogP contribution in [0.15, 0.2) is 42.9 Å². The molecule has 0 bridgehead atoms. The van der Waals surface area contributed by atoms with E-state index >= 15 is 0 Å². The van der Waals surface area contributed by atoms with E-state index in [4.69, 9.17) is 10.8 Å². The molecule has 0 unspecified atom stereocenters. The average Bonchev–Trinajstić information content (AvgIpc) is 3.56. The fourth-order valence-corrected chi connectivity index (χ4v) is 5.57. The van der Waals surface area contributed by atoms with Crippen LogP contribution in [0.5, 0.6) is 0 Å². The largest absolute Gasteiger partial charge is 0.370 e. The number of aromatic nitrogens is 4. The van der Waals surface area contributed by atoms with Gasteiger partial charge in [0.1, 0.15) is 0 Å². The highest BCUT2D eigenvalue weighted by atomic mass is 16.2. The number of piperidine rings is 1. The predicted molar refractivity (Wildman–Crippen MR) is 133 cm³/mol. The molecule has 0 aliphatic carbocycles. The molecule has 0 spiro atoms. The lowest BCUT2D eigenvalue weighted by molar-refractivity contribution is 0.0606. The summed E-state index contributed by atoms with van der Waals surface area (Å²) in [5.74, 6) is 0.0530. The van der Waals surface area contributed by atoms with Crippen molar-refractivity contribution < 1.29 is 4.79 Å². The Labute approximate surface area is 199 Å². The number of nitrogens with two attached hydrogens (primary N) is 1. The number of likely N-dealkylation sites (tertiary alicyclic amines) is 1. The molecule has 6 rings (SSSR count). The Bertz CT molecular complexity index is 1390. The smallest absolute Gasteiger partial charge is 0.254 e. The van der Waals surface area contributed by atoms with Gasteiger partial charge < -0.3 is 20.1 Å². The van der Waals surface area contributed by atoms with Gasteiger partial charge in [0.15, 0.2) is 0 Å². The molecular weight excluding hydrogens is 426 g/mol. The van der Waals surface area contributed by atoms with Crippen LogP contribution in [0.2, 0.25) is 0 Å². The summed E-state index contributed by atoms with van der Waals surface area (Å²) >= 11 is 0. The normalized spacial score (nSPS) is 21.1. The molecule has 2 aliphatic heterocycles. The van der Waals surface area contributed by atoms with E-state index in [-0.39, 0.29) is 18.0 Å². The number of hydrogen-bond donors (Lipinski definition) is 1. The molecule has 2 fully saturated rings. The average molecular weight is 458 g/mol. The zero-order chi connectivity index (χ0) is 23.4. The number of nitrogens with zero attached hydrogens (tertiary/aromatic N) is 6. The van der Waals surface area contributed by atoms with Gasteiger partial charge >= 0.3 is 0 Å². The number of carbonyl (C=O) groups is 1. The number of anilines is 1. The third-order valence-corrected chi connectivity index (χ3v) is 7.43. The first-order valence-corrected chi connectivity index (χ1v) is 12.2. The second-order valence-corrected chi connectivity index (χ2v) is 9.84. The zero-order valence-corrected chi connectivity index (χ0v) is 19.8. The maximum Gasteiger partial charge on any atom is 0.254 e. The van der Waals surface area contributed by atoms with Gasteiger partial charge in [0.25, 0.3) is 5.91 Å². The van der Waals surface area contributed by atoms with Gasteiger partial charge in [-0.15, -0.1) is 0 Å². The second-order valence-electron chi connectivity index (χ2n) is 9.84. The topological polar surface area (TPSA) is 84.7 Å². The molecule has 2 aliphatic rings. The van der Waals surface area contributed by atoms with Gasteiger partial charge in [0, 0.05) is 50.2 Å². The van der Waals surface area contributed by atoms with E-state index in [1.54, 1.807) is 6.33 Å². The minimum absolute atomic E-state index is 0.0236. The van der Waals surface area contributed by atoms with Crippen molar-refractivity contribution in [3.05, 3.63) is 59.7 Å². The van der Waals surface area contributed by atoms with E-state index in [0.717, 1.165) is 67.6 Å². The minimum Gasteiger partial charge on any atom is -0.370 e. The number of amides is 1. The molecule has 0 saturated carbocycles. The number of pyridine rings is 1. The summed E-state index contributed by atoms with van der Waals surface area (Å²) in [6.07, 6.45) is 7.94. The Hall–Kier alpha value is -3.39. The highest BCUT2D eigenvalue weighted by Crippen LogP contribution is 2.34. The van der Waals surface area contributed by atoms with Crippen molar-refractivity contribution in [3.63, 3.8) is 0 Å². The van der Waals surface area contributed by atoms with Crippen LogP contribution in [0.1, 0.15) is 53.3 Å². The maximum absolute atomic E-state index is 13.6. The van der Waals surface area contributed by atoms with Crippen molar-refractivity contribution >= 4 is 28.1 Å². The molecule has 2 N–H and O–H groups in total. The maximum atomic E-state index is 13.6. The standard InChI is InChI=1S/C26H31N7O/c1-17-14-33-20(13-25(17)31-10-8-19(27)15-31)12-22(29-33)24-5-3-4-9-32(24)26(34)18-6-7-23-21(11-18)28-16-30(23)2/h6-7,11-14,16,19,24H,3-5,8-10,15,27H2,1-2H3/t19-,24-/m0/s1. The van der Waals surface area contributed by atoms with Crippen LogP contribution < -0.4 is 10.6 Å². The Kier molecular flexibility index (Phi) is 5.06. The van der Waals surface area contributed by atoms with Crippen molar-refractivity contribution in [2.45, 2.75) is 44.7 Å². The Balaban J connectivity index is 1.32. The molecule has 5 heterocycles. The van der Waals surface area contributed by atoms with Gasteiger partial charge in [-0.05, 0) is 68.5 Å². The van der Waals surface area contributed by atoms with Crippen LogP contribution >= 0.6 is 0 Å². The molecule has 8 nitrogen and oxygen atoms in total. The minimum atomic E-state index is -0.0236. The van der Waals surface area contributed by atoms with Crippen LogP contribution in [-0.4, -0.2) is 55.6 Å². The first kappa shape index (κ1) is 21.2. The SMILES string of the molecule is Cc1cn2nc([C@@H]3CCCCN3C(=O)c3ccc4c(c3)ncn4C)cc2cc1N1CC[C@H](N)C1. The van der Waals surface area contributed by atoms with Crippen LogP contribution in [-0.2, 0) is 7.05 Å². The summed E-state index contributed by atoms with van der Waals surface area (Å²) in [7, 11) is 1.96. The Morgan fingerprint density at radius 1 is 1.12 bits per heavy atom. The predicted octanol–water partition coefficient (Wildman–Crippen LogP) is 3.43. The van der Waals surface area contributed by atoms with Crippen LogP contribution in [0.4, 0.5) is 5.69 Å². The van der Waals surface area contributed by atoms with Crippen molar-refractivity contribution in [1.29, 1.82) is 0 Å². The molecule has 2 atom stereocenters. The number of aryl methyl sites for hydroxylation is 2. The number of imidazole rings is 1. The lowest BCUT2D eigenvalue weighted by atomic mass is 9.98. The highest BCUT2D eigenvalue weighted by Gasteiger charge is 2.31. The van der Waals surface area contributed by atoms with Crippen LogP contribution in [0, 0.1) is 6.92 Å². The molecule has 2 saturated heterocycles. The summed E-state index contributed by atoms with van der Waals surface area (Å²) in [5.41, 5.74) is 13.1. The molecular formula is C26H31N7O. The second kappa shape index (κ2) is 8.13. The Morgan fingerprint density at radius 3 is 2.82 bits per heavy atom. The first-order chi connectivity index (χ1) is 16.5. The highest BCUT2D eigenvalue weighted by molar-refractivity contribution is 5.97. The number of hydrogen-bond acceptors (Lipinski definition) is 5. The first-order valence-electron chi connectivity index (χ1n) is 12.2. The molecule has 8 heteroatoms. The molecule has 1 amide bonds. The van der Waals surface area contributed by atoms with E-state index in [1.807, 2.05) is 39.2 Å². The lowest BCUT2D eigenvalue weighted by Crippen LogP contribution is -2.38. The number of benzene rings is 1.